The number of ether oxygens (including phenoxy) is 1. The molecule has 0 unspecified atom stereocenters. The number of likely N-dealkylation sites (tertiary alicyclic amines) is 1. The van der Waals surface area contributed by atoms with E-state index in [0.717, 1.165) is 60.0 Å². The quantitative estimate of drug-likeness (QED) is 0.485. The Bertz CT molecular complexity index is 1020. The monoisotopic (exact) mass is 449 g/mol. The van der Waals surface area contributed by atoms with Crippen molar-refractivity contribution in [1.29, 1.82) is 0 Å². The van der Waals surface area contributed by atoms with Crippen LogP contribution in [0.2, 0.25) is 0 Å². The fraction of sp³-hybridized carbons (Fsp3) is 0.409. The number of thiazole rings is 1. The van der Waals surface area contributed by atoms with Gasteiger partial charge in [0.15, 0.2) is 16.8 Å². The van der Waals surface area contributed by atoms with Crippen LogP contribution in [0, 0.1) is 17.6 Å². The lowest BCUT2D eigenvalue weighted by Crippen LogP contribution is -2.41. The number of hydrogen-bond acceptors (Lipinski definition) is 7. The standard InChI is InChI=1S/C22H25F2N3O3S/c23-18-3-2-17(10-19(18)24)30-13-16(29)12-27-7-5-14(6-8-27)11-25-22-26-20-4-1-15(28)9-21(20)31-22/h1-4,9-10,14,16,28-29H,5-8,11-13H2,(H,25,26)/t16-/m0/s1. The van der Waals surface area contributed by atoms with Crippen LogP contribution in [0.4, 0.5) is 13.9 Å². The van der Waals surface area contributed by atoms with Crippen LogP contribution in [-0.2, 0) is 0 Å². The smallest absolute Gasteiger partial charge is 0.183 e. The summed E-state index contributed by atoms with van der Waals surface area (Å²) >= 11 is 1.53. The van der Waals surface area contributed by atoms with Gasteiger partial charge >= 0.3 is 0 Å². The first-order chi connectivity index (χ1) is 15.0. The second kappa shape index (κ2) is 9.76. The summed E-state index contributed by atoms with van der Waals surface area (Å²) in [5.41, 5.74) is 0.875. The number of aliphatic hydroxyl groups is 1. The molecule has 1 atom stereocenters. The minimum Gasteiger partial charge on any atom is -0.508 e. The number of phenols is 1. The molecule has 1 aromatic heterocycles. The highest BCUT2D eigenvalue weighted by Crippen LogP contribution is 2.29. The molecule has 2 aromatic carbocycles. The third-order valence-electron chi connectivity index (χ3n) is 5.42. The van der Waals surface area contributed by atoms with E-state index in [-0.39, 0.29) is 18.1 Å². The molecule has 4 rings (SSSR count). The van der Waals surface area contributed by atoms with Crippen LogP contribution >= 0.6 is 11.3 Å². The Morgan fingerprint density at radius 2 is 1.97 bits per heavy atom. The Kier molecular flexibility index (Phi) is 6.84. The van der Waals surface area contributed by atoms with Crippen molar-refractivity contribution in [3.05, 3.63) is 48.0 Å². The van der Waals surface area contributed by atoms with Gasteiger partial charge in [0.2, 0.25) is 0 Å². The van der Waals surface area contributed by atoms with Gasteiger partial charge in [0, 0.05) is 19.2 Å². The van der Waals surface area contributed by atoms with Crippen molar-refractivity contribution in [3.63, 3.8) is 0 Å². The first-order valence-electron chi connectivity index (χ1n) is 10.3. The van der Waals surface area contributed by atoms with Gasteiger partial charge in [0.05, 0.1) is 10.2 Å². The van der Waals surface area contributed by atoms with Gasteiger partial charge in [-0.05, 0) is 62.2 Å². The average Bonchev–Trinajstić information content (AvgIpc) is 3.16. The maximum Gasteiger partial charge on any atom is 0.183 e. The third kappa shape index (κ3) is 5.81. The van der Waals surface area contributed by atoms with E-state index in [1.165, 1.54) is 17.4 Å². The summed E-state index contributed by atoms with van der Waals surface area (Å²) in [6.07, 6.45) is 1.31. The van der Waals surface area contributed by atoms with Gasteiger partial charge in [-0.3, -0.25) is 0 Å². The molecule has 3 aromatic rings. The maximum absolute atomic E-state index is 13.2. The molecule has 0 radical (unpaired) electrons. The van der Waals surface area contributed by atoms with Gasteiger partial charge in [-0.15, -0.1) is 0 Å². The highest BCUT2D eigenvalue weighted by atomic mass is 32.1. The number of phenolic OH excluding ortho intramolecular Hbond substituents is 1. The van der Waals surface area contributed by atoms with Gasteiger partial charge in [-0.2, -0.15) is 0 Å². The molecule has 1 aliphatic rings. The first-order valence-corrected chi connectivity index (χ1v) is 11.1. The molecule has 1 aliphatic heterocycles. The van der Waals surface area contributed by atoms with Gasteiger partial charge in [0.1, 0.15) is 24.2 Å². The van der Waals surface area contributed by atoms with Crippen molar-refractivity contribution < 1.29 is 23.7 Å². The predicted octanol–water partition coefficient (Wildman–Crippen LogP) is 3.84. The molecule has 6 nitrogen and oxygen atoms in total. The molecule has 0 spiro atoms. The second-order valence-electron chi connectivity index (χ2n) is 7.84. The fourth-order valence-electron chi connectivity index (χ4n) is 3.70. The number of aliphatic hydroxyl groups excluding tert-OH is 1. The van der Waals surface area contributed by atoms with E-state index < -0.39 is 17.7 Å². The van der Waals surface area contributed by atoms with Crippen LogP contribution in [0.15, 0.2) is 36.4 Å². The van der Waals surface area contributed by atoms with Crippen LogP contribution in [0.3, 0.4) is 0 Å². The zero-order chi connectivity index (χ0) is 21.8. The van der Waals surface area contributed by atoms with Crippen LogP contribution in [0.25, 0.3) is 10.2 Å². The Labute approximate surface area is 183 Å². The lowest BCUT2D eigenvalue weighted by molar-refractivity contribution is 0.0558. The SMILES string of the molecule is Oc1ccc2nc(NCC3CCN(C[C@H](O)COc4ccc(F)c(F)c4)CC3)sc2c1. The number of aromatic hydroxyl groups is 1. The minimum absolute atomic E-state index is 0.0275. The van der Waals surface area contributed by atoms with Crippen LogP contribution < -0.4 is 10.1 Å². The summed E-state index contributed by atoms with van der Waals surface area (Å²) in [7, 11) is 0. The van der Waals surface area contributed by atoms with Gasteiger partial charge in [-0.1, -0.05) is 11.3 Å². The van der Waals surface area contributed by atoms with E-state index in [9.17, 15) is 19.0 Å². The number of nitrogens with zero attached hydrogens (tertiary/aromatic N) is 2. The normalized spacial score (nSPS) is 16.5. The Morgan fingerprint density at radius 1 is 1.16 bits per heavy atom. The Morgan fingerprint density at radius 3 is 2.74 bits per heavy atom. The summed E-state index contributed by atoms with van der Waals surface area (Å²) in [5.74, 6) is -0.924. The number of halogens is 2. The van der Waals surface area contributed by atoms with Crippen molar-refractivity contribution in [3.8, 4) is 11.5 Å². The predicted molar refractivity (Wildman–Crippen MR) is 117 cm³/mol. The van der Waals surface area contributed by atoms with Crippen molar-refractivity contribution in [2.24, 2.45) is 5.92 Å². The first kappa shape index (κ1) is 21.7. The summed E-state index contributed by atoms with van der Waals surface area (Å²) in [5, 5.41) is 24.1. The van der Waals surface area contributed by atoms with E-state index >= 15 is 0 Å². The van der Waals surface area contributed by atoms with Crippen molar-refractivity contribution in [2.75, 3.05) is 38.1 Å². The molecule has 2 heterocycles. The molecule has 0 amide bonds. The lowest BCUT2D eigenvalue weighted by Gasteiger charge is -2.33. The summed E-state index contributed by atoms with van der Waals surface area (Å²) in [6, 6.07) is 8.50. The van der Waals surface area contributed by atoms with Gasteiger partial charge < -0.3 is 25.2 Å². The maximum atomic E-state index is 13.2. The largest absolute Gasteiger partial charge is 0.508 e. The second-order valence-corrected chi connectivity index (χ2v) is 8.87. The lowest BCUT2D eigenvalue weighted by atomic mass is 9.96. The number of anilines is 1. The molecule has 0 bridgehead atoms. The van der Waals surface area contributed by atoms with Crippen LogP contribution in [0.5, 0.6) is 11.5 Å². The van der Waals surface area contributed by atoms with Gasteiger partial charge in [-0.25, -0.2) is 13.8 Å². The summed E-state index contributed by atoms with van der Waals surface area (Å²) in [6.45, 7) is 3.09. The van der Waals surface area contributed by atoms with E-state index in [2.05, 4.69) is 15.2 Å². The van der Waals surface area contributed by atoms with Crippen molar-refractivity contribution in [1.82, 2.24) is 9.88 Å². The summed E-state index contributed by atoms with van der Waals surface area (Å²) < 4.78 is 32.5. The van der Waals surface area contributed by atoms with Gasteiger partial charge in [0.25, 0.3) is 0 Å². The number of aromatic nitrogens is 1. The number of fused-ring (bicyclic) bond motifs is 1. The molecular weight excluding hydrogens is 424 g/mol. The average molecular weight is 450 g/mol. The molecule has 166 valence electrons. The molecular formula is C22H25F2N3O3S. The Hall–Kier alpha value is -2.49. The van der Waals surface area contributed by atoms with E-state index in [4.69, 9.17) is 4.74 Å². The Balaban J connectivity index is 1.17. The van der Waals surface area contributed by atoms with Crippen LogP contribution in [0.1, 0.15) is 12.8 Å². The number of piperidine rings is 1. The number of rotatable bonds is 8. The van der Waals surface area contributed by atoms with E-state index in [1.54, 1.807) is 12.1 Å². The van der Waals surface area contributed by atoms with Crippen molar-refractivity contribution in [2.45, 2.75) is 18.9 Å². The highest BCUT2D eigenvalue weighted by molar-refractivity contribution is 7.22. The molecule has 3 N–H and O–H groups in total. The van der Waals surface area contributed by atoms with Crippen molar-refractivity contribution >= 4 is 26.7 Å². The topological polar surface area (TPSA) is 77.9 Å². The molecule has 0 saturated carbocycles. The fourth-order valence-corrected chi connectivity index (χ4v) is 4.61. The van der Waals surface area contributed by atoms with Crippen LogP contribution in [-0.4, -0.2) is 59.0 Å². The highest BCUT2D eigenvalue weighted by Gasteiger charge is 2.21. The molecule has 0 aliphatic carbocycles. The zero-order valence-corrected chi connectivity index (χ0v) is 17.7. The number of β-amino-alcohol motifs (C(OH)–C–C–N with tert-alkyl or cyclic N) is 1. The third-order valence-corrected chi connectivity index (χ3v) is 6.40. The summed E-state index contributed by atoms with van der Waals surface area (Å²) in [4.78, 5) is 6.73. The van der Waals surface area contributed by atoms with E-state index in [1.807, 2.05) is 6.07 Å². The molecule has 31 heavy (non-hydrogen) atoms. The number of hydrogen-bond donors (Lipinski definition) is 3. The number of benzene rings is 2. The minimum atomic E-state index is -0.966. The molecule has 1 saturated heterocycles. The number of nitrogens with one attached hydrogen (secondary N) is 1. The zero-order valence-electron chi connectivity index (χ0n) is 16.9. The van der Waals surface area contributed by atoms with E-state index in [0.29, 0.717) is 12.5 Å². The molecule has 9 heteroatoms. The molecule has 1 fully saturated rings.